The van der Waals surface area contributed by atoms with Gasteiger partial charge in [0, 0.05) is 19.3 Å². The Bertz CT molecular complexity index is 1730. The molecule has 12 heteroatoms. The molecule has 0 spiro atoms. The van der Waals surface area contributed by atoms with Crippen molar-refractivity contribution < 1.29 is 58.2 Å². The summed E-state index contributed by atoms with van der Waals surface area (Å²) in [5, 5.41) is 31.6. The molecular weight excluding hydrogens is 1020 g/mol. The van der Waals surface area contributed by atoms with Gasteiger partial charge in [0.15, 0.2) is 24.6 Å². The standard InChI is InChI=1S/C69H116O12/c1-4-7-10-13-16-19-22-25-27-29-31-33-35-38-40-43-46-49-52-55-61(70)77-58-60(79-62(71)56-53-50-47-44-42-39-36-34-32-30-28-26-23-20-17-14-11-8-5-2)59-78-69-67(65(74)64(73)66(81-69)68(75)76)80-63(72)57-54-51-48-45-41-37-24-21-18-15-12-9-6-3/h7,10,16,19,21,24-28,31,33,38,40,60,64-67,69,73-74H,4-6,8-9,11-15,17-18,20,22-23,29-30,32,34-37,39,41-59H2,1-3H3,(H,75,76)/b10-7-,19-16-,24-21-,27-25-,28-26-,33-31-,40-38-. The van der Waals surface area contributed by atoms with Gasteiger partial charge in [-0.15, -0.1) is 0 Å². The maximum absolute atomic E-state index is 13.2. The van der Waals surface area contributed by atoms with E-state index >= 15 is 0 Å². The number of unbranched alkanes of at least 4 members (excludes halogenated alkanes) is 27. The number of ether oxygens (including phenoxy) is 5. The molecule has 464 valence electrons. The van der Waals surface area contributed by atoms with Gasteiger partial charge in [-0.25, -0.2) is 4.79 Å². The average Bonchev–Trinajstić information content (AvgIpc) is 3.46. The molecule has 0 amide bonds. The number of hydrogen-bond donors (Lipinski definition) is 3. The van der Waals surface area contributed by atoms with Crippen molar-refractivity contribution in [2.24, 2.45) is 0 Å². The first-order valence-corrected chi connectivity index (χ1v) is 32.6. The van der Waals surface area contributed by atoms with Crippen LogP contribution in [0.4, 0.5) is 0 Å². The number of carbonyl (C=O) groups is 4. The molecule has 0 aromatic heterocycles. The maximum Gasteiger partial charge on any atom is 0.335 e. The summed E-state index contributed by atoms with van der Waals surface area (Å²) < 4.78 is 28.5. The van der Waals surface area contributed by atoms with Crippen LogP contribution < -0.4 is 0 Å². The summed E-state index contributed by atoms with van der Waals surface area (Å²) in [5.74, 6) is -3.17. The van der Waals surface area contributed by atoms with Gasteiger partial charge in [-0.05, 0) is 116 Å². The molecular formula is C69H116O12. The summed E-state index contributed by atoms with van der Waals surface area (Å²) in [5.41, 5.74) is 0. The molecule has 1 aliphatic rings. The van der Waals surface area contributed by atoms with Crippen molar-refractivity contribution in [1.82, 2.24) is 0 Å². The zero-order valence-electron chi connectivity index (χ0n) is 51.3. The Labute approximate surface area is 492 Å². The number of carboxylic acid groups (broad SMARTS) is 1. The van der Waals surface area contributed by atoms with Crippen molar-refractivity contribution in [3.05, 3.63) is 85.1 Å². The van der Waals surface area contributed by atoms with Crippen LogP contribution in [0.3, 0.4) is 0 Å². The van der Waals surface area contributed by atoms with Gasteiger partial charge in [0.25, 0.3) is 0 Å². The number of hydrogen-bond acceptors (Lipinski definition) is 11. The minimum Gasteiger partial charge on any atom is -0.479 e. The molecule has 0 aliphatic carbocycles. The van der Waals surface area contributed by atoms with E-state index in [0.717, 1.165) is 116 Å². The lowest BCUT2D eigenvalue weighted by Gasteiger charge is -2.40. The van der Waals surface area contributed by atoms with Crippen molar-refractivity contribution in [1.29, 1.82) is 0 Å². The van der Waals surface area contributed by atoms with Crippen LogP contribution in [0.25, 0.3) is 0 Å². The van der Waals surface area contributed by atoms with Gasteiger partial charge in [0.2, 0.25) is 0 Å². The highest BCUT2D eigenvalue weighted by Crippen LogP contribution is 2.26. The van der Waals surface area contributed by atoms with Gasteiger partial charge in [-0.2, -0.15) is 0 Å². The highest BCUT2D eigenvalue weighted by Gasteiger charge is 2.50. The van der Waals surface area contributed by atoms with E-state index in [1.807, 2.05) is 0 Å². The number of rotatable bonds is 55. The smallest absolute Gasteiger partial charge is 0.335 e. The molecule has 81 heavy (non-hydrogen) atoms. The lowest BCUT2D eigenvalue weighted by atomic mass is 9.98. The van der Waals surface area contributed by atoms with E-state index in [1.165, 1.54) is 103 Å². The molecule has 1 saturated heterocycles. The first-order valence-electron chi connectivity index (χ1n) is 32.6. The summed E-state index contributed by atoms with van der Waals surface area (Å²) in [7, 11) is 0. The largest absolute Gasteiger partial charge is 0.479 e. The van der Waals surface area contributed by atoms with E-state index < -0.39 is 67.3 Å². The van der Waals surface area contributed by atoms with Crippen molar-refractivity contribution in [2.45, 2.75) is 314 Å². The highest BCUT2D eigenvalue weighted by atomic mass is 16.7. The van der Waals surface area contributed by atoms with Crippen LogP contribution in [0.1, 0.15) is 278 Å². The van der Waals surface area contributed by atoms with Crippen LogP contribution in [0, 0.1) is 0 Å². The predicted octanol–water partition coefficient (Wildman–Crippen LogP) is 17.5. The molecule has 0 radical (unpaired) electrons. The topological polar surface area (TPSA) is 175 Å². The number of aliphatic hydroxyl groups excluding tert-OH is 2. The Kier molecular flexibility index (Phi) is 52.1. The minimum atomic E-state index is -1.91. The fourth-order valence-electron chi connectivity index (χ4n) is 9.44. The summed E-state index contributed by atoms with van der Waals surface area (Å²) >= 11 is 0. The number of carbonyl (C=O) groups excluding carboxylic acids is 3. The van der Waals surface area contributed by atoms with Crippen molar-refractivity contribution in [3.63, 3.8) is 0 Å². The number of carboxylic acids is 1. The molecule has 0 aromatic carbocycles. The van der Waals surface area contributed by atoms with E-state index in [2.05, 4.69) is 106 Å². The van der Waals surface area contributed by atoms with Gasteiger partial charge in [0.1, 0.15) is 18.8 Å². The van der Waals surface area contributed by atoms with Crippen LogP contribution in [0.5, 0.6) is 0 Å². The molecule has 1 fully saturated rings. The van der Waals surface area contributed by atoms with Gasteiger partial charge in [-0.3, -0.25) is 14.4 Å². The van der Waals surface area contributed by atoms with E-state index in [0.29, 0.717) is 19.3 Å². The number of allylic oxidation sites excluding steroid dienone is 14. The van der Waals surface area contributed by atoms with Crippen LogP contribution in [-0.2, 0) is 42.9 Å². The Morgan fingerprint density at radius 1 is 0.420 bits per heavy atom. The lowest BCUT2D eigenvalue weighted by Crippen LogP contribution is -2.61. The third-order valence-corrected chi connectivity index (χ3v) is 14.4. The Morgan fingerprint density at radius 2 is 0.778 bits per heavy atom. The van der Waals surface area contributed by atoms with Gasteiger partial charge in [-0.1, -0.05) is 228 Å². The minimum absolute atomic E-state index is 0.0448. The quantitative estimate of drug-likeness (QED) is 0.0228. The summed E-state index contributed by atoms with van der Waals surface area (Å²) in [6.45, 7) is 5.85. The number of aliphatic carboxylic acids is 1. The second kappa shape index (κ2) is 56.4. The Morgan fingerprint density at radius 3 is 1.22 bits per heavy atom. The van der Waals surface area contributed by atoms with Crippen LogP contribution >= 0.6 is 0 Å². The fraction of sp³-hybridized carbons (Fsp3) is 0.739. The fourth-order valence-corrected chi connectivity index (χ4v) is 9.44. The molecule has 0 bridgehead atoms. The van der Waals surface area contributed by atoms with Crippen molar-refractivity contribution in [2.75, 3.05) is 13.2 Å². The van der Waals surface area contributed by atoms with E-state index in [1.54, 1.807) is 0 Å². The molecule has 0 aromatic rings. The molecule has 6 atom stereocenters. The summed E-state index contributed by atoms with van der Waals surface area (Å²) in [4.78, 5) is 51.3. The second-order valence-electron chi connectivity index (χ2n) is 22.0. The van der Waals surface area contributed by atoms with E-state index in [9.17, 15) is 34.5 Å². The highest BCUT2D eigenvalue weighted by molar-refractivity contribution is 5.74. The van der Waals surface area contributed by atoms with Crippen molar-refractivity contribution in [3.8, 4) is 0 Å². The van der Waals surface area contributed by atoms with Gasteiger partial charge < -0.3 is 39.0 Å². The average molecular weight is 1140 g/mol. The monoisotopic (exact) mass is 1140 g/mol. The first-order chi connectivity index (χ1) is 39.6. The van der Waals surface area contributed by atoms with Crippen LogP contribution in [0.2, 0.25) is 0 Å². The molecule has 1 heterocycles. The van der Waals surface area contributed by atoms with Gasteiger partial charge >= 0.3 is 23.9 Å². The zero-order valence-corrected chi connectivity index (χ0v) is 51.3. The Balaban J connectivity index is 2.68. The lowest BCUT2D eigenvalue weighted by molar-refractivity contribution is -0.301. The molecule has 1 aliphatic heterocycles. The van der Waals surface area contributed by atoms with Crippen LogP contribution in [0.15, 0.2) is 85.1 Å². The van der Waals surface area contributed by atoms with Gasteiger partial charge in [0.05, 0.1) is 6.61 Å². The molecule has 12 nitrogen and oxygen atoms in total. The Hall–Kier alpha value is -4.10. The normalized spacial score (nSPS) is 18.3. The summed E-state index contributed by atoms with van der Waals surface area (Å²) in [6, 6.07) is 0. The zero-order chi connectivity index (χ0) is 58.9. The second-order valence-corrected chi connectivity index (χ2v) is 22.0. The molecule has 0 saturated carbocycles. The van der Waals surface area contributed by atoms with Crippen molar-refractivity contribution >= 4 is 23.9 Å². The maximum atomic E-state index is 13.2. The molecule has 1 rings (SSSR count). The first kappa shape index (κ1) is 74.9. The number of esters is 3. The predicted molar refractivity (Wildman–Crippen MR) is 331 cm³/mol. The van der Waals surface area contributed by atoms with Crippen LogP contribution in [-0.4, -0.2) is 89.2 Å². The SMILES string of the molecule is CC/C=C\C/C=C\C/C=C\C/C=C\C/C=C\CCCCCC(=O)OCC(COC1OC(C(=O)O)C(O)C(O)C1OC(=O)CCCCCCC/C=C\CCCCCC)OC(=O)CCCCCCCCCCC/C=C\CCCCCCCC. The third kappa shape index (κ3) is 46.0. The summed E-state index contributed by atoms with van der Waals surface area (Å²) in [6.07, 6.45) is 61.1. The van der Waals surface area contributed by atoms with E-state index in [-0.39, 0.29) is 25.9 Å². The third-order valence-electron chi connectivity index (χ3n) is 14.4. The van der Waals surface area contributed by atoms with E-state index in [4.69, 9.17) is 23.7 Å². The molecule has 6 unspecified atom stereocenters. The molecule has 3 N–H and O–H groups in total. The number of aliphatic hydroxyl groups is 2.